The number of anilines is 3. The summed E-state index contributed by atoms with van der Waals surface area (Å²) < 4.78 is 27.5. The molecule has 2 amide bonds. The van der Waals surface area contributed by atoms with Gasteiger partial charge in [0, 0.05) is 36.4 Å². The number of carbonyl (C=O) groups is 2. The van der Waals surface area contributed by atoms with Crippen LogP contribution in [0.25, 0.3) is 0 Å². The van der Waals surface area contributed by atoms with Crippen molar-refractivity contribution in [2.45, 2.75) is 44.6 Å². The Bertz CT molecular complexity index is 1180. The highest BCUT2D eigenvalue weighted by Gasteiger charge is 2.27. The summed E-state index contributed by atoms with van der Waals surface area (Å²) in [6, 6.07) is 8.80. The van der Waals surface area contributed by atoms with Gasteiger partial charge in [-0.3, -0.25) is 19.3 Å². The molecular weight excluding hydrogens is 454 g/mol. The number of rotatable bonds is 9. The van der Waals surface area contributed by atoms with E-state index >= 15 is 0 Å². The zero-order valence-corrected chi connectivity index (χ0v) is 19.4. The molecule has 8 nitrogen and oxygen atoms in total. The average molecular weight is 483 g/mol. The van der Waals surface area contributed by atoms with Crippen molar-refractivity contribution in [2.75, 3.05) is 10.6 Å². The van der Waals surface area contributed by atoms with E-state index in [1.807, 2.05) is 0 Å². The largest absolute Gasteiger partial charge is 0.355 e. The Morgan fingerprint density at radius 3 is 2.60 bits per heavy atom. The molecular formula is C25H28F2N6O2. The van der Waals surface area contributed by atoms with Crippen molar-refractivity contribution >= 4 is 28.9 Å². The summed E-state index contributed by atoms with van der Waals surface area (Å²) >= 11 is 0. The SMILES string of the molecule is Cn1cc(NC(=O)[C@H](CC2CCCC2)NC(=O)c2cccc(Nc3ccnc(C(F)F)c3)c2)cn1. The maximum Gasteiger partial charge on any atom is 0.280 e. The van der Waals surface area contributed by atoms with Crippen molar-refractivity contribution in [1.29, 1.82) is 0 Å². The van der Waals surface area contributed by atoms with Crippen LogP contribution in [-0.2, 0) is 11.8 Å². The third kappa shape index (κ3) is 6.62. The number of hydrogen-bond acceptors (Lipinski definition) is 5. The molecule has 0 saturated heterocycles. The number of aromatic nitrogens is 3. The van der Waals surface area contributed by atoms with Crippen molar-refractivity contribution in [3.8, 4) is 0 Å². The van der Waals surface area contributed by atoms with Gasteiger partial charge in [0.1, 0.15) is 11.7 Å². The normalized spacial score (nSPS) is 14.6. The molecule has 1 saturated carbocycles. The molecule has 0 radical (unpaired) electrons. The van der Waals surface area contributed by atoms with Gasteiger partial charge in [-0.25, -0.2) is 8.78 Å². The van der Waals surface area contributed by atoms with Gasteiger partial charge >= 0.3 is 0 Å². The smallest absolute Gasteiger partial charge is 0.280 e. The zero-order chi connectivity index (χ0) is 24.8. The van der Waals surface area contributed by atoms with Crippen LogP contribution in [0.1, 0.15) is 54.6 Å². The van der Waals surface area contributed by atoms with E-state index in [1.54, 1.807) is 54.5 Å². The van der Waals surface area contributed by atoms with Gasteiger partial charge in [0.25, 0.3) is 12.3 Å². The van der Waals surface area contributed by atoms with E-state index in [1.165, 1.54) is 12.3 Å². The number of halogens is 2. The molecule has 4 rings (SSSR count). The maximum atomic E-state index is 13.1. The van der Waals surface area contributed by atoms with E-state index in [9.17, 15) is 18.4 Å². The van der Waals surface area contributed by atoms with Crippen molar-refractivity contribution in [3.05, 3.63) is 66.2 Å². The molecule has 35 heavy (non-hydrogen) atoms. The van der Waals surface area contributed by atoms with Crippen LogP contribution in [0.2, 0.25) is 0 Å². The molecule has 1 aromatic carbocycles. The minimum Gasteiger partial charge on any atom is -0.355 e. The monoisotopic (exact) mass is 482 g/mol. The average Bonchev–Trinajstić information content (AvgIpc) is 3.50. The van der Waals surface area contributed by atoms with Crippen LogP contribution < -0.4 is 16.0 Å². The summed E-state index contributed by atoms with van der Waals surface area (Å²) in [7, 11) is 1.76. The summed E-state index contributed by atoms with van der Waals surface area (Å²) in [5, 5.41) is 12.8. The Kier molecular flexibility index (Phi) is 7.69. The second-order valence-electron chi connectivity index (χ2n) is 8.78. The summed E-state index contributed by atoms with van der Waals surface area (Å²) in [6.45, 7) is 0. The molecule has 0 bridgehead atoms. The minimum absolute atomic E-state index is 0.288. The molecule has 1 aliphatic rings. The standard InChI is InChI=1S/C25H28F2N6O2/c1-33-15-20(14-29-33)31-25(35)22(11-16-5-2-3-6-16)32-24(34)17-7-4-8-18(12-17)30-19-9-10-28-21(13-19)23(26)27/h4,7-10,12-16,22-23H,2-3,5-6,11H2,1H3,(H,28,30)(H,31,35)(H,32,34)/t22-/m0/s1. The number of hydrogen-bond donors (Lipinski definition) is 3. The Labute approximate surface area is 202 Å². The third-order valence-corrected chi connectivity index (χ3v) is 6.06. The number of benzene rings is 1. The zero-order valence-electron chi connectivity index (χ0n) is 19.4. The van der Waals surface area contributed by atoms with Crippen LogP contribution in [0.4, 0.5) is 25.8 Å². The highest BCUT2D eigenvalue weighted by Crippen LogP contribution is 2.29. The number of aryl methyl sites for hydroxylation is 1. The van der Waals surface area contributed by atoms with Crippen LogP contribution in [0, 0.1) is 5.92 Å². The lowest BCUT2D eigenvalue weighted by Gasteiger charge is -2.21. The lowest BCUT2D eigenvalue weighted by molar-refractivity contribution is -0.118. The van der Waals surface area contributed by atoms with Gasteiger partial charge in [0.2, 0.25) is 5.91 Å². The summed E-state index contributed by atoms with van der Waals surface area (Å²) in [5.41, 5.74) is 1.57. The molecule has 184 valence electrons. The first kappa shape index (κ1) is 24.3. The second kappa shape index (κ2) is 11.1. The minimum atomic E-state index is -2.68. The van der Waals surface area contributed by atoms with E-state index in [4.69, 9.17) is 0 Å². The van der Waals surface area contributed by atoms with Crippen molar-refractivity contribution < 1.29 is 18.4 Å². The number of nitrogens with zero attached hydrogens (tertiary/aromatic N) is 3. The first-order chi connectivity index (χ1) is 16.9. The van der Waals surface area contributed by atoms with Crippen LogP contribution >= 0.6 is 0 Å². The van der Waals surface area contributed by atoms with Crippen molar-refractivity contribution in [2.24, 2.45) is 13.0 Å². The molecule has 3 N–H and O–H groups in total. The van der Waals surface area contributed by atoms with Crippen molar-refractivity contribution in [1.82, 2.24) is 20.1 Å². The van der Waals surface area contributed by atoms with E-state index < -0.39 is 12.5 Å². The molecule has 3 aromatic rings. The van der Waals surface area contributed by atoms with Gasteiger partial charge in [-0.2, -0.15) is 5.10 Å². The molecule has 2 heterocycles. The van der Waals surface area contributed by atoms with E-state index in [0.29, 0.717) is 35.0 Å². The van der Waals surface area contributed by atoms with Crippen molar-refractivity contribution in [3.63, 3.8) is 0 Å². The summed E-state index contributed by atoms with van der Waals surface area (Å²) in [5.74, 6) is -0.298. The predicted molar refractivity (Wildman–Crippen MR) is 129 cm³/mol. The van der Waals surface area contributed by atoms with Gasteiger partial charge in [-0.1, -0.05) is 31.7 Å². The Morgan fingerprint density at radius 1 is 1.11 bits per heavy atom. The van der Waals surface area contributed by atoms with Gasteiger partial charge in [0.15, 0.2) is 0 Å². The van der Waals surface area contributed by atoms with E-state index in [2.05, 4.69) is 26.0 Å². The number of pyridine rings is 1. The third-order valence-electron chi connectivity index (χ3n) is 6.06. The van der Waals surface area contributed by atoms with Gasteiger partial charge in [-0.15, -0.1) is 0 Å². The summed E-state index contributed by atoms with van der Waals surface area (Å²) in [4.78, 5) is 29.8. The Balaban J connectivity index is 1.46. The first-order valence-electron chi connectivity index (χ1n) is 11.6. The van der Waals surface area contributed by atoms with Gasteiger partial charge in [0.05, 0.1) is 11.9 Å². The van der Waals surface area contributed by atoms with Crippen LogP contribution in [0.3, 0.4) is 0 Å². The van der Waals surface area contributed by atoms with Gasteiger partial charge in [-0.05, 0) is 42.7 Å². The number of amides is 2. The number of carbonyl (C=O) groups excluding carboxylic acids is 2. The molecule has 0 unspecified atom stereocenters. The van der Waals surface area contributed by atoms with Gasteiger partial charge < -0.3 is 16.0 Å². The fourth-order valence-electron chi connectivity index (χ4n) is 4.32. The predicted octanol–water partition coefficient (Wildman–Crippen LogP) is 4.81. The molecule has 2 aromatic heterocycles. The van der Waals surface area contributed by atoms with Crippen LogP contribution in [0.5, 0.6) is 0 Å². The Hall–Kier alpha value is -3.82. The Morgan fingerprint density at radius 2 is 1.89 bits per heavy atom. The fourth-order valence-corrected chi connectivity index (χ4v) is 4.32. The van der Waals surface area contributed by atoms with Crippen LogP contribution in [0.15, 0.2) is 55.0 Å². The maximum absolute atomic E-state index is 13.1. The molecule has 1 fully saturated rings. The fraction of sp³-hybridized carbons (Fsp3) is 0.360. The molecule has 1 atom stereocenters. The highest BCUT2D eigenvalue weighted by atomic mass is 19.3. The quantitative estimate of drug-likeness (QED) is 0.406. The molecule has 1 aliphatic carbocycles. The number of alkyl halides is 2. The lowest BCUT2D eigenvalue weighted by Crippen LogP contribution is -2.44. The number of nitrogens with one attached hydrogen (secondary N) is 3. The molecule has 0 spiro atoms. The lowest BCUT2D eigenvalue weighted by atomic mass is 9.97. The van der Waals surface area contributed by atoms with Crippen LogP contribution in [-0.4, -0.2) is 32.6 Å². The summed E-state index contributed by atoms with van der Waals surface area (Å²) in [6.07, 6.45) is 6.77. The highest BCUT2D eigenvalue weighted by molar-refractivity contribution is 6.01. The second-order valence-corrected chi connectivity index (χ2v) is 8.78. The molecule has 10 heteroatoms. The first-order valence-corrected chi connectivity index (χ1v) is 11.6. The van der Waals surface area contributed by atoms with E-state index in [0.717, 1.165) is 25.7 Å². The van der Waals surface area contributed by atoms with E-state index in [-0.39, 0.29) is 17.5 Å². The topological polar surface area (TPSA) is 101 Å². The molecule has 0 aliphatic heterocycles.